The minimum absolute atomic E-state index is 0.0700. The number of nitrogens with zero attached hydrogens (tertiary/aromatic N) is 7. The number of ether oxygens (including phenoxy) is 3. The molecule has 46 heavy (non-hydrogen) atoms. The van der Waals surface area contributed by atoms with Gasteiger partial charge in [-0.25, -0.2) is 19.9 Å². The number of methoxy groups -OCH3 is 2. The number of hydrogen-bond donors (Lipinski definition) is 7. The molecule has 1 fully saturated rings. The average Bonchev–Trinajstić information content (AvgIpc) is 3.71. The SMILES string of the molecule is COCCc1ncnc2c1ncn2[C@H](OC)C(O)(CO[PH](=O)O)OP(=O)(O)[C@@H]1[C@H](O)[C@@H](CO)O[C@H]1n1cnc2c(=O)[nH]c(N)nc21. The fourth-order valence-corrected chi connectivity index (χ4v) is 7.32. The normalized spacial score (nSPS) is 24.2. The highest BCUT2D eigenvalue weighted by molar-refractivity contribution is 7.53. The van der Waals surface area contributed by atoms with Gasteiger partial charge in [0.2, 0.25) is 11.7 Å². The maximum atomic E-state index is 14.1. The summed E-state index contributed by atoms with van der Waals surface area (Å²) in [5.41, 5.74) is 3.27. The monoisotopic (exact) mass is 691 g/mol. The zero-order valence-electron chi connectivity index (χ0n) is 24.1. The molecular formula is C22H31N9O13P2. The molecule has 0 spiro atoms. The molecule has 0 aromatic carbocycles. The van der Waals surface area contributed by atoms with Gasteiger partial charge >= 0.3 is 15.9 Å². The number of H-pyrrole nitrogens is 1. The molecule has 1 aliphatic heterocycles. The molecule has 0 radical (unpaired) electrons. The molecule has 0 amide bonds. The molecule has 8 N–H and O–H groups in total. The first-order valence-corrected chi connectivity index (χ1v) is 16.2. The van der Waals surface area contributed by atoms with Gasteiger partial charge in [-0.1, -0.05) is 0 Å². The van der Waals surface area contributed by atoms with Crippen LogP contribution in [0.3, 0.4) is 0 Å². The van der Waals surface area contributed by atoms with E-state index < -0.39 is 70.7 Å². The zero-order valence-corrected chi connectivity index (χ0v) is 26.0. The van der Waals surface area contributed by atoms with Crippen LogP contribution in [0.4, 0.5) is 5.95 Å². The number of anilines is 1. The fraction of sp³-hybridized carbons (Fsp3) is 0.545. The van der Waals surface area contributed by atoms with Crippen LogP contribution in [0.2, 0.25) is 0 Å². The zero-order chi connectivity index (χ0) is 33.4. The lowest BCUT2D eigenvalue weighted by atomic mass is 10.2. The highest BCUT2D eigenvalue weighted by atomic mass is 31.2. The summed E-state index contributed by atoms with van der Waals surface area (Å²) in [6, 6.07) is 0. The van der Waals surface area contributed by atoms with E-state index in [1.165, 1.54) is 13.4 Å². The number of aromatic amines is 1. The van der Waals surface area contributed by atoms with Gasteiger partial charge in [0.15, 0.2) is 29.3 Å². The molecule has 24 heteroatoms. The molecule has 5 heterocycles. The number of aliphatic hydroxyl groups is 3. The summed E-state index contributed by atoms with van der Waals surface area (Å²) >= 11 is 0. The van der Waals surface area contributed by atoms with Crippen LogP contribution in [0, 0.1) is 0 Å². The van der Waals surface area contributed by atoms with Crippen LogP contribution < -0.4 is 11.3 Å². The van der Waals surface area contributed by atoms with Crippen molar-refractivity contribution in [1.82, 2.24) is 39.0 Å². The third-order valence-corrected chi connectivity index (χ3v) is 9.43. The van der Waals surface area contributed by atoms with Gasteiger partial charge in [0, 0.05) is 20.6 Å². The van der Waals surface area contributed by atoms with Crippen LogP contribution in [-0.2, 0) is 38.8 Å². The molecule has 1 aliphatic rings. The van der Waals surface area contributed by atoms with Gasteiger partial charge in [0.05, 0.1) is 31.6 Å². The Balaban J connectivity index is 1.58. The largest absolute Gasteiger partial charge is 0.394 e. The van der Waals surface area contributed by atoms with Crippen LogP contribution in [0.15, 0.2) is 23.8 Å². The summed E-state index contributed by atoms with van der Waals surface area (Å²) < 4.78 is 54.3. The van der Waals surface area contributed by atoms with Crippen LogP contribution >= 0.6 is 15.9 Å². The van der Waals surface area contributed by atoms with Crippen LogP contribution in [0.25, 0.3) is 22.3 Å². The molecule has 4 aromatic rings. The van der Waals surface area contributed by atoms with E-state index in [1.807, 2.05) is 0 Å². The number of hydrogen-bond acceptors (Lipinski definition) is 17. The second-order valence-corrected chi connectivity index (χ2v) is 12.8. The number of nitrogen functional groups attached to an aromatic ring is 1. The van der Waals surface area contributed by atoms with Gasteiger partial charge in [-0.15, -0.1) is 0 Å². The average molecular weight is 691 g/mol. The minimum atomic E-state index is -5.43. The van der Waals surface area contributed by atoms with E-state index in [-0.39, 0.29) is 34.9 Å². The maximum Gasteiger partial charge on any atom is 0.341 e. The molecule has 252 valence electrons. The Kier molecular flexibility index (Phi) is 9.99. The molecule has 0 aliphatic carbocycles. The summed E-state index contributed by atoms with van der Waals surface area (Å²) in [6.45, 7) is -1.76. The van der Waals surface area contributed by atoms with Gasteiger partial charge in [-0.3, -0.25) is 32.6 Å². The Hall–Kier alpha value is -3.24. The van der Waals surface area contributed by atoms with Crippen molar-refractivity contribution in [2.75, 3.05) is 39.8 Å². The van der Waals surface area contributed by atoms with E-state index in [0.29, 0.717) is 12.1 Å². The molecule has 5 rings (SSSR count). The summed E-state index contributed by atoms with van der Waals surface area (Å²) in [5.74, 6) is -3.39. The highest BCUT2D eigenvalue weighted by Gasteiger charge is 2.58. The Morgan fingerprint density at radius 3 is 2.63 bits per heavy atom. The first kappa shape index (κ1) is 34.1. The van der Waals surface area contributed by atoms with Crippen LogP contribution in [0.1, 0.15) is 18.1 Å². The Bertz CT molecular complexity index is 1840. The summed E-state index contributed by atoms with van der Waals surface area (Å²) in [6.07, 6.45) is -3.19. The summed E-state index contributed by atoms with van der Waals surface area (Å²) in [7, 11) is -6.60. The third kappa shape index (κ3) is 6.35. The van der Waals surface area contributed by atoms with E-state index in [1.54, 1.807) is 0 Å². The summed E-state index contributed by atoms with van der Waals surface area (Å²) in [4.78, 5) is 56.0. The van der Waals surface area contributed by atoms with Crippen LogP contribution in [-0.4, -0.2) is 122 Å². The molecule has 1 saturated heterocycles. The maximum absolute atomic E-state index is 14.1. The Labute approximate surface area is 258 Å². The Morgan fingerprint density at radius 2 is 1.96 bits per heavy atom. The van der Waals surface area contributed by atoms with Crippen LogP contribution in [0.5, 0.6) is 0 Å². The van der Waals surface area contributed by atoms with Gasteiger partial charge in [0.25, 0.3) is 5.56 Å². The number of nitrogens with two attached hydrogens (primary N) is 1. The van der Waals surface area contributed by atoms with Crippen molar-refractivity contribution in [3.63, 3.8) is 0 Å². The first-order valence-electron chi connectivity index (χ1n) is 13.3. The van der Waals surface area contributed by atoms with Crippen molar-refractivity contribution >= 4 is 44.1 Å². The lowest BCUT2D eigenvalue weighted by Crippen LogP contribution is -2.47. The topological polar surface area (TPSA) is 315 Å². The van der Waals surface area contributed by atoms with Crippen molar-refractivity contribution in [2.24, 2.45) is 0 Å². The predicted octanol–water partition coefficient (Wildman–Crippen LogP) is -2.22. The number of fused-ring (bicyclic) bond motifs is 2. The Morgan fingerprint density at radius 1 is 1.22 bits per heavy atom. The van der Waals surface area contributed by atoms with E-state index in [2.05, 4.69) is 29.9 Å². The molecule has 0 bridgehead atoms. The van der Waals surface area contributed by atoms with E-state index in [4.69, 9.17) is 29.0 Å². The second kappa shape index (κ2) is 13.5. The molecule has 0 saturated carbocycles. The van der Waals surface area contributed by atoms with Gasteiger partial charge < -0.3 is 49.6 Å². The number of aromatic nitrogens is 8. The molecule has 22 nitrogen and oxygen atoms in total. The predicted molar refractivity (Wildman–Crippen MR) is 153 cm³/mol. The van der Waals surface area contributed by atoms with Gasteiger partial charge in [-0.05, 0) is 0 Å². The summed E-state index contributed by atoms with van der Waals surface area (Å²) in [5, 5.41) is 32.7. The number of nitrogens with one attached hydrogen (secondary N) is 1. The molecule has 8 atom stereocenters. The van der Waals surface area contributed by atoms with Gasteiger partial charge in [0.1, 0.15) is 36.3 Å². The molecule has 3 unspecified atom stereocenters. The highest BCUT2D eigenvalue weighted by Crippen LogP contribution is 2.60. The van der Waals surface area contributed by atoms with Crippen molar-refractivity contribution in [1.29, 1.82) is 0 Å². The van der Waals surface area contributed by atoms with E-state index >= 15 is 0 Å². The van der Waals surface area contributed by atoms with Crippen molar-refractivity contribution in [3.05, 3.63) is 35.0 Å². The second-order valence-electron chi connectivity index (χ2n) is 10.0. The third-order valence-electron chi connectivity index (χ3n) is 7.15. The number of rotatable bonds is 14. The first-order chi connectivity index (χ1) is 21.8. The quantitative estimate of drug-likeness (QED) is 0.0544. The molecule has 4 aromatic heterocycles. The lowest BCUT2D eigenvalue weighted by Gasteiger charge is -2.37. The number of aliphatic hydroxyl groups excluding tert-OH is 2. The van der Waals surface area contributed by atoms with Crippen molar-refractivity contribution in [2.45, 2.75) is 42.5 Å². The van der Waals surface area contributed by atoms with E-state index in [9.17, 15) is 39.0 Å². The standard InChI is InChI=1S/C22H31N9O13P2/c1-40-4-3-10-12-16(25-7-24-10)31(9-26-12)20(41-2)22(35,6-42-45(36)37)44-46(38,39)15-14(33)11(5-32)43-19(15)30-8-27-13-17(30)28-21(23)29-18(13)34/h7-9,11,14-15,19-20,32-33,35,45H,3-6H2,1-2H3,(H,36,37)(H,38,39)(H3,23,28,29,34)/t11-,14-,15-,19-,20-,22?/m1/s1. The fourth-order valence-electron chi connectivity index (χ4n) is 5.16. The lowest BCUT2D eigenvalue weighted by molar-refractivity contribution is -0.256. The van der Waals surface area contributed by atoms with Crippen molar-refractivity contribution < 1.29 is 57.5 Å². The van der Waals surface area contributed by atoms with E-state index in [0.717, 1.165) is 28.9 Å². The smallest absolute Gasteiger partial charge is 0.341 e. The van der Waals surface area contributed by atoms with Crippen molar-refractivity contribution in [3.8, 4) is 0 Å². The molecular weight excluding hydrogens is 660 g/mol. The van der Waals surface area contributed by atoms with Gasteiger partial charge in [-0.2, -0.15) is 4.98 Å². The minimum Gasteiger partial charge on any atom is -0.394 e. The number of imidazole rings is 2.